The van der Waals surface area contributed by atoms with Crippen molar-refractivity contribution in [2.24, 2.45) is 10.9 Å². The molecule has 1 aliphatic heterocycles. The second-order valence-electron chi connectivity index (χ2n) is 3.58. The molecule has 0 bridgehead atoms. The maximum atomic E-state index is 12.0. The van der Waals surface area contributed by atoms with E-state index >= 15 is 0 Å². The maximum absolute atomic E-state index is 12.0. The lowest BCUT2D eigenvalue weighted by molar-refractivity contribution is -0.137. The van der Waals surface area contributed by atoms with E-state index in [-0.39, 0.29) is 18.4 Å². The smallest absolute Gasteiger partial charge is 0.390 e. The zero-order chi connectivity index (χ0) is 11.5. The van der Waals surface area contributed by atoms with Crippen LogP contribution in [0, 0.1) is 0 Å². The van der Waals surface area contributed by atoms with Gasteiger partial charge in [0.25, 0.3) is 0 Å². The van der Waals surface area contributed by atoms with Gasteiger partial charge >= 0.3 is 6.18 Å². The van der Waals surface area contributed by atoms with E-state index in [1.807, 2.05) is 0 Å². The first kappa shape index (κ1) is 12.1. The molecule has 1 rings (SSSR count). The summed E-state index contributed by atoms with van der Waals surface area (Å²) in [4.78, 5) is 1.60. The molecule has 1 fully saturated rings. The van der Waals surface area contributed by atoms with Crippen molar-refractivity contribution < 1.29 is 18.4 Å². The topological polar surface area (TPSA) is 61.9 Å². The molecule has 1 unspecified atom stereocenters. The Bertz CT molecular complexity index is 242. The molecule has 0 aliphatic carbocycles. The monoisotopic (exact) mass is 225 g/mol. The van der Waals surface area contributed by atoms with Gasteiger partial charge in [-0.25, -0.2) is 0 Å². The Hall–Kier alpha value is -0.980. The van der Waals surface area contributed by atoms with Crippen LogP contribution in [0.1, 0.15) is 19.3 Å². The minimum Gasteiger partial charge on any atom is -0.409 e. The van der Waals surface area contributed by atoms with Gasteiger partial charge in [-0.05, 0) is 19.4 Å². The van der Waals surface area contributed by atoms with Crippen molar-refractivity contribution in [2.45, 2.75) is 31.5 Å². The summed E-state index contributed by atoms with van der Waals surface area (Å²) in [7, 11) is 0. The number of rotatable bonds is 3. The van der Waals surface area contributed by atoms with Gasteiger partial charge in [0.15, 0.2) is 5.84 Å². The summed E-state index contributed by atoms with van der Waals surface area (Å²) in [6.07, 6.45) is -3.59. The molecule has 0 amide bonds. The summed E-state index contributed by atoms with van der Waals surface area (Å²) < 4.78 is 35.9. The molecule has 1 atom stereocenters. The summed E-state index contributed by atoms with van der Waals surface area (Å²) in [5.41, 5.74) is 5.39. The molecule has 15 heavy (non-hydrogen) atoms. The number of nitrogens with zero attached hydrogens (tertiary/aromatic N) is 2. The van der Waals surface area contributed by atoms with Gasteiger partial charge in [0.1, 0.15) is 0 Å². The van der Waals surface area contributed by atoms with Crippen molar-refractivity contribution in [3.05, 3.63) is 0 Å². The Kier molecular flexibility index (Phi) is 3.78. The van der Waals surface area contributed by atoms with Crippen LogP contribution in [-0.2, 0) is 0 Å². The standard InChI is InChI=1S/C8H14F3N3O/c9-8(10,11)3-5-14-4-1-2-6(14)7(12)13-15/h6,15H,1-5H2,(H2,12,13). The largest absolute Gasteiger partial charge is 0.409 e. The van der Waals surface area contributed by atoms with Crippen LogP contribution < -0.4 is 5.73 Å². The summed E-state index contributed by atoms with van der Waals surface area (Å²) >= 11 is 0. The molecule has 1 heterocycles. The highest BCUT2D eigenvalue weighted by Crippen LogP contribution is 2.23. The number of nitrogens with two attached hydrogens (primary N) is 1. The van der Waals surface area contributed by atoms with Gasteiger partial charge in [-0.1, -0.05) is 5.16 Å². The van der Waals surface area contributed by atoms with E-state index in [0.29, 0.717) is 13.0 Å². The number of alkyl halides is 3. The summed E-state index contributed by atoms with van der Waals surface area (Å²) in [6, 6.07) is -0.350. The lowest BCUT2D eigenvalue weighted by Gasteiger charge is -2.23. The molecule has 0 aromatic carbocycles. The fourth-order valence-corrected chi connectivity index (χ4v) is 1.77. The highest BCUT2D eigenvalue weighted by atomic mass is 19.4. The van der Waals surface area contributed by atoms with Crippen molar-refractivity contribution >= 4 is 5.84 Å². The molecule has 1 saturated heterocycles. The van der Waals surface area contributed by atoms with Crippen LogP contribution in [0.4, 0.5) is 13.2 Å². The highest BCUT2D eigenvalue weighted by Gasteiger charge is 2.33. The van der Waals surface area contributed by atoms with Gasteiger partial charge in [-0.3, -0.25) is 4.90 Å². The van der Waals surface area contributed by atoms with E-state index in [9.17, 15) is 13.2 Å². The Labute approximate surface area is 85.5 Å². The number of halogens is 3. The van der Waals surface area contributed by atoms with Gasteiger partial charge in [0.05, 0.1) is 12.5 Å². The van der Waals surface area contributed by atoms with Crippen LogP contribution >= 0.6 is 0 Å². The van der Waals surface area contributed by atoms with Crippen LogP contribution in [0.5, 0.6) is 0 Å². The Morgan fingerprint density at radius 2 is 2.20 bits per heavy atom. The molecule has 4 nitrogen and oxygen atoms in total. The average molecular weight is 225 g/mol. The minimum absolute atomic E-state index is 0.00493. The number of likely N-dealkylation sites (tertiary alicyclic amines) is 1. The number of hydrogen-bond donors (Lipinski definition) is 2. The van der Waals surface area contributed by atoms with Crippen LogP contribution in [0.15, 0.2) is 5.16 Å². The quantitative estimate of drug-likeness (QED) is 0.328. The molecule has 1 aliphatic rings. The Morgan fingerprint density at radius 3 is 2.73 bits per heavy atom. The van der Waals surface area contributed by atoms with Gasteiger partial charge in [0, 0.05) is 6.54 Å². The van der Waals surface area contributed by atoms with Crippen LogP contribution in [0.2, 0.25) is 0 Å². The molecule has 7 heteroatoms. The summed E-state index contributed by atoms with van der Waals surface area (Å²) in [5, 5.41) is 11.3. The molecule has 0 radical (unpaired) electrons. The van der Waals surface area contributed by atoms with Gasteiger partial charge in [0.2, 0.25) is 0 Å². The minimum atomic E-state index is -4.15. The van der Waals surface area contributed by atoms with Crippen molar-refractivity contribution in [1.29, 1.82) is 0 Å². The first-order valence-electron chi connectivity index (χ1n) is 4.72. The first-order valence-corrected chi connectivity index (χ1v) is 4.72. The summed E-state index contributed by atoms with van der Waals surface area (Å²) in [6.45, 7) is 0.474. The Morgan fingerprint density at radius 1 is 1.53 bits per heavy atom. The van der Waals surface area contributed by atoms with Gasteiger partial charge in [-0.2, -0.15) is 13.2 Å². The van der Waals surface area contributed by atoms with Crippen molar-refractivity contribution in [3.8, 4) is 0 Å². The normalized spacial score (nSPS) is 24.7. The second-order valence-corrected chi connectivity index (χ2v) is 3.58. The second kappa shape index (κ2) is 4.69. The zero-order valence-electron chi connectivity index (χ0n) is 8.17. The van der Waals surface area contributed by atoms with Crippen molar-refractivity contribution in [2.75, 3.05) is 13.1 Å². The number of oxime groups is 1. The maximum Gasteiger partial charge on any atom is 0.390 e. The molecule has 0 aromatic heterocycles. The van der Waals surface area contributed by atoms with Crippen LogP contribution in [0.25, 0.3) is 0 Å². The van der Waals surface area contributed by atoms with E-state index in [1.165, 1.54) is 0 Å². The molecule has 3 N–H and O–H groups in total. The average Bonchev–Trinajstić information content (AvgIpc) is 2.60. The molecule has 0 spiro atoms. The Balaban J connectivity index is 2.47. The van der Waals surface area contributed by atoms with E-state index in [1.54, 1.807) is 4.90 Å². The predicted molar refractivity (Wildman–Crippen MR) is 48.7 cm³/mol. The molecular weight excluding hydrogens is 211 g/mol. The first-order chi connectivity index (χ1) is 6.94. The fourth-order valence-electron chi connectivity index (χ4n) is 1.77. The van der Waals surface area contributed by atoms with Crippen molar-refractivity contribution in [1.82, 2.24) is 4.90 Å². The molecule has 0 saturated carbocycles. The highest BCUT2D eigenvalue weighted by molar-refractivity contribution is 5.85. The SMILES string of the molecule is NC(=NO)C1CCCN1CCC(F)(F)F. The fraction of sp³-hybridized carbons (Fsp3) is 0.875. The van der Waals surface area contributed by atoms with Gasteiger partial charge < -0.3 is 10.9 Å². The van der Waals surface area contributed by atoms with E-state index in [0.717, 1.165) is 6.42 Å². The van der Waals surface area contributed by atoms with E-state index in [4.69, 9.17) is 10.9 Å². The molecule has 88 valence electrons. The van der Waals surface area contributed by atoms with Crippen molar-refractivity contribution in [3.63, 3.8) is 0 Å². The lowest BCUT2D eigenvalue weighted by atomic mass is 10.2. The van der Waals surface area contributed by atoms with Crippen LogP contribution in [0.3, 0.4) is 0 Å². The molecule has 0 aromatic rings. The third kappa shape index (κ3) is 3.58. The van der Waals surface area contributed by atoms with Gasteiger partial charge in [-0.15, -0.1) is 0 Å². The summed E-state index contributed by atoms with van der Waals surface area (Å²) in [5.74, 6) is -0.00493. The zero-order valence-corrected chi connectivity index (χ0v) is 8.17. The van der Waals surface area contributed by atoms with E-state index in [2.05, 4.69) is 5.16 Å². The number of hydrogen-bond acceptors (Lipinski definition) is 3. The third-order valence-corrected chi connectivity index (χ3v) is 2.50. The van der Waals surface area contributed by atoms with E-state index < -0.39 is 12.6 Å². The predicted octanol–water partition coefficient (Wildman–Crippen LogP) is 1.15. The van der Waals surface area contributed by atoms with Crippen LogP contribution in [-0.4, -0.2) is 41.3 Å². The third-order valence-electron chi connectivity index (χ3n) is 2.50. The molecular formula is C8H14F3N3O. The lowest BCUT2D eigenvalue weighted by Crippen LogP contribution is -2.41. The number of amidine groups is 1.